The van der Waals surface area contributed by atoms with Crippen molar-refractivity contribution >= 4 is 5.65 Å². The van der Waals surface area contributed by atoms with Crippen LogP contribution in [0.3, 0.4) is 0 Å². The second-order valence-corrected chi connectivity index (χ2v) is 6.18. The second-order valence-electron chi connectivity index (χ2n) is 6.18. The highest BCUT2D eigenvalue weighted by Crippen LogP contribution is 2.26. The van der Waals surface area contributed by atoms with E-state index in [-0.39, 0.29) is 6.10 Å². The molecule has 0 radical (unpaired) electrons. The standard InChI is InChI=1S/C16H21N7O/c1-11-13(8-22(2)21-11)14-9-23-15(18-10-19-23)16(20-14)24-12-4-3-6-17-7-5-12/h8-10,12,17H,3-7H2,1-2H3/t12-/m1/s1. The molecule has 0 aliphatic carbocycles. The highest BCUT2D eigenvalue weighted by Gasteiger charge is 2.19. The van der Waals surface area contributed by atoms with Gasteiger partial charge in [-0.2, -0.15) is 10.2 Å². The Balaban J connectivity index is 1.73. The monoisotopic (exact) mass is 327 g/mol. The van der Waals surface area contributed by atoms with Gasteiger partial charge in [0.25, 0.3) is 5.88 Å². The zero-order chi connectivity index (χ0) is 16.5. The summed E-state index contributed by atoms with van der Waals surface area (Å²) in [4.78, 5) is 9.02. The summed E-state index contributed by atoms with van der Waals surface area (Å²) in [6.45, 7) is 3.98. The van der Waals surface area contributed by atoms with E-state index in [1.165, 1.54) is 6.33 Å². The van der Waals surface area contributed by atoms with Gasteiger partial charge in [0.15, 0.2) is 0 Å². The molecule has 1 fully saturated rings. The van der Waals surface area contributed by atoms with Gasteiger partial charge < -0.3 is 10.1 Å². The zero-order valence-electron chi connectivity index (χ0n) is 13.9. The van der Waals surface area contributed by atoms with Gasteiger partial charge in [0, 0.05) is 18.8 Å². The summed E-state index contributed by atoms with van der Waals surface area (Å²) in [6.07, 6.45) is 8.60. The molecule has 0 aromatic carbocycles. The van der Waals surface area contributed by atoms with E-state index in [1.54, 1.807) is 9.20 Å². The van der Waals surface area contributed by atoms with Crippen LogP contribution in [0, 0.1) is 6.92 Å². The van der Waals surface area contributed by atoms with Crippen LogP contribution in [0.2, 0.25) is 0 Å². The van der Waals surface area contributed by atoms with E-state index in [4.69, 9.17) is 9.72 Å². The van der Waals surface area contributed by atoms with Crippen LogP contribution in [0.1, 0.15) is 25.0 Å². The molecule has 8 heteroatoms. The van der Waals surface area contributed by atoms with Crippen molar-refractivity contribution in [1.29, 1.82) is 0 Å². The number of nitrogens with one attached hydrogen (secondary N) is 1. The van der Waals surface area contributed by atoms with Crippen LogP contribution in [-0.2, 0) is 7.05 Å². The van der Waals surface area contributed by atoms with E-state index >= 15 is 0 Å². The predicted molar refractivity (Wildman–Crippen MR) is 88.9 cm³/mol. The van der Waals surface area contributed by atoms with Gasteiger partial charge in [0.1, 0.15) is 12.4 Å². The summed E-state index contributed by atoms with van der Waals surface area (Å²) in [5, 5.41) is 12.1. The van der Waals surface area contributed by atoms with E-state index < -0.39 is 0 Å². The van der Waals surface area contributed by atoms with Crippen LogP contribution in [0.4, 0.5) is 0 Å². The first kappa shape index (κ1) is 15.1. The molecule has 8 nitrogen and oxygen atoms in total. The summed E-state index contributed by atoms with van der Waals surface area (Å²) < 4.78 is 9.72. The van der Waals surface area contributed by atoms with Crippen LogP contribution >= 0.6 is 0 Å². The highest BCUT2D eigenvalue weighted by molar-refractivity contribution is 5.63. The molecule has 0 unspecified atom stereocenters. The number of rotatable bonds is 3. The third-order valence-electron chi connectivity index (χ3n) is 4.32. The third-order valence-corrected chi connectivity index (χ3v) is 4.32. The van der Waals surface area contributed by atoms with E-state index in [1.807, 2.05) is 26.4 Å². The summed E-state index contributed by atoms with van der Waals surface area (Å²) in [5.41, 5.74) is 3.34. The van der Waals surface area contributed by atoms with E-state index in [9.17, 15) is 0 Å². The Hall–Kier alpha value is -2.48. The van der Waals surface area contributed by atoms with Gasteiger partial charge in [-0.05, 0) is 39.3 Å². The largest absolute Gasteiger partial charge is 0.472 e. The average molecular weight is 327 g/mol. The summed E-state index contributed by atoms with van der Waals surface area (Å²) in [5.74, 6) is 0.542. The lowest BCUT2D eigenvalue weighted by Crippen LogP contribution is -2.20. The lowest BCUT2D eigenvalue weighted by molar-refractivity contribution is 0.181. The van der Waals surface area contributed by atoms with Crippen LogP contribution in [-0.4, -0.2) is 48.6 Å². The summed E-state index contributed by atoms with van der Waals surface area (Å²) in [6, 6.07) is 0. The first-order valence-corrected chi connectivity index (χ1v) is 8.29. The topological polar surface area (TPSA) is 82.2 Å². The van der Waals surface area contributed by atoms with Crippen molar-refractivity contribution in [2.75, 3.05) is 13.1 Å². The number of aromatic nitrogens is 6. The van der Waals surface area contributed by atoms with Gasteiger partial charge in [0.05, 0.1) is 17.6 Å². The number of aryl methyl sites for hydroxylation is 2. The molecule has 3 aromatic rings. The zero-order valence-corrected chi connectivity index (χ0v) is 13.9. The molecule has 0 spiro atoms. The molecular weight excluding hydrogens is 306 g/mol. The average Bonchev–Trinajstić information content (AvgIpc) is 3.07. The molecule has 1 atom stereocenters. The van der Waals surface area contributed by atoms with E-state index in [0.29, 0.717) is 11.5 Å². The Morgan fingerprint density at radius 3 is 3.00 bits per heavy atom. The highest BCUT2D eigenvalue weighted by atomic mass is 16.5. The van der Waals surface area contributed by atoms with E-state index in [0.717, 1.165) is 49.3 Å². The Morgan fingerprint density at radius 1 is 1.25 bits per heavy atom. The minimum atomic E-state index is 0.151. The molecule has 1 N–H and O–H groups in total. The molecular formula is C16H21N7O. The Labute approximate surface area is 139 Å². The molecule has 1 aliphatic heterocycles. The maximum Gasteiger partial charge on any atom is 0.260 e. The van der Waals surface area contributed by atoms with Gasteiger partial charge in [-0.15, -0.1) is 0 Å². The van der Waals surface area contributed by atoms with Crippen LogP contribution in [0.5, 0.6) is 5.88 Å². The fourth-order valence-electron chi connectivity index (χ4n) is 3.12. The van der Waals surface area contributed by atoms with Crippen LogP contribution < -0.4 is 10.1 Å². The van der Waals surface area contributed by atoms with Crippen molar-refractivity contribution in [2.45, 2.75) is 32.3 Å². The van der Waals surface area contributed by atoms with Crippen molar-refractivity contribution in [1.82, 2.24) is 34.7 Å². The first-order chi connectivity index (χ1) is 11.7. The normalized spacial score (nSPS) is 18.7. The van der Waals surface area contributed by atoms with Crippen molar-refractivity contribution in [3.05, 3.63) is 24.4 Å². The molecule has 0 saturated carbocycles. The minimum absolute atomic E-state index is 0.151. The second kappa shape index (κ2) is 6.20. The van der Waals surface area contributed by atoms with Gasteiger partial charge in [-0.3, -0.25) is 4.68 Å². The van der Waals surface area contributed by atoms with Crippen LogP contribution in [0.25, 0.3) is 16.9 Å². The van der Waals surface area contributed by atoms with Crippen molar-refractivity contribution in [2.24, 2.45) is 7.05 Å². The maximum absolute atomic E-state index is 6.21. The number of hydrogen-bond acceptors (Lipinski definition) is 6. The molecule has 3 aromatic heterocycles. The molecule has 4 heterocycles. The predicted octanol–water partition coefficient (Wildman–Crippen LogP) is 1.35. The molecule has 0 bridgehead atoms. The molecule has 1 aliphatic rings. The molecule has 24 heavy (non-hydrogen) atoms. The maximum atomic E-state index is 6.21. The SMILES string of the molecule is Cc1nn(C)cc1-c1cn2ncnc2c(O[C@@H]2CCCNCC2)n1. The van der Waals surface area contributed by atoms with Gasteiger partial charge >= 0.3 is 0 Å². The van der Waals surface area contributed by atoms with Crippen LogP contribution in [0.15, 0.2) is 18.7 Å². The number of hydrogen-bond donors (Lipinski definition) is 1. The molecule has 0 amide bonds. The van der Waals surface area contributed by atoms with Gasteiger partial charge in [-0.1, -0.05) is 0 Å². The molecule has 126 valence electrons. The van der Waals surface area contributed by atoms with Crippen molar-refractivity contribution in [3.63, 3.8) is 0 Å². The fourth-order valence-corrected chi connectivity index (χ4v) is 3.12. The Morgan fingerprint density at radius 2 is 2.17 bits per heavy atom. The molecule has 1 saturated heterocycles. The Kier molecular flexibility index (Phi) is 3.89. The van der Waals surface area contributed by atoms with Crippen molar-refractivity contribution < 1.29 is 4.74 Å². The lowest BCUT2D eigenvalue weighted by atomic mass is 10.1. The number of fused-ring (bicyclic) bond motifs is 1. The molecule has 4 rings (SSSR count). The van der Waals surface area contributed by atoms with Gasteiger partial charge in [0.2, 0.25) is 5.65 Å². The smallest absolute Gasteiger partial charge is 0.260 e. The Bertz CT molecular complexity index is 845. The third kappa shape index (κ3) is 2.84. The van der Waals surface area contributed by atoms with Crippen molar-refractivity contribution in [3.8, 4) is 17.1 Å². The van der Waals surface area contributed by atoms with Gasteiger partial charge in [-0.25, -0.2) is 14.5 Å². The minimum Gasteiger partial charge on any atom is -0.472 e. The fraction of sp³-hybridized carbons (Fsp3) is 0.500. The first-order valence-electron chi connectivity index (χ1n) is 8.29. The number of ether oxygens (including phenoxy) is 1. The lowest BCUT2D eigenvalue weighted by Gasteiger charge is -2.16. The summed E-state index contributed by atoms with van der Waals surface area (Å²) >= 11 is 0. The van der Waals surface area contributed by atoms with E-state index in [2.05, 4.69) is 20.5 Å². The summed E-state index contributed by atoms with van der Waals surface area (Å²) in [7, 11) is 1.90. The quantitative estimate of drug-likeness (QED) is 0.782. The number of nitrogens with zero attached hydrogens (tertiary/aromatic N) is 6.